The standard InChI is InChI=1S/C24H16O6/c25-23-18-8-7-17(13-21(18)29-14-19(23)15-4-2-1-3-5-15)30-24(26)16-6-9-20-22(12-16)28-11-10-27-20/h1-9,12-14H,10-11H2. The molecule has 0 atom stereocenters. The molecule has 30 heavy (non-hydrogen) atoms. The van der Waals surface area contributed by atoms with Crippen molar-refractivity contribution in [1.82, 2.24) is 0 Å². The van der Waals surface area contributed by atoms with E-state index in [4.69, 9.17) is 18.6 Å². The van der Waals surface area contributed by atoms with Crippen LogP contribution < -0.4 is 19.6 Å². The van der Waals surface area contributed by atoms with Gasteiger partial charge in [0.1, 0.15) is 30.8 Å². The number of carbonyl (C=O) groups is 1. The highest BCUT2D eigenvalue weighted by molar-refractivity contribution is 5.92. The summed E-state index contributed by atoms with van der Waals surface area (Å²) in [6.45, 7) is 0.908. The number of carbonyl (C=O) groups excluding carboxylic acids is 1. The topological polar surface area (TPSA) is 75.0 Å². The van der Waals surface area contributed by atoms with E-state index in [1.165, 1.54) is 12.3 Å². The molecule has 0 radical (unpaired) electrons. The van der Waals surface area contributed by atoms with E-state index in [1.54, 1.807) is 30.3 Å². The van der Waals surface area contributed by atoms with E-state index in [0.717, 1.165) is 5.56 Å². The highest BCUT2D eigenvalue weighted by Crippen LogP contribution is 2.31. The van der Waals surface area contributed by atoms with Gasteiger partial charge in [-0.15, -0.1) is 0 Å². The molecule has 1 aromatic heterocycles. The molecule has 0 spiro atoms. The van der Waals surface area contributed by atoms with Crippen LogP contribution in [0.25, 0.3) is 22.1 Å². The van der Waals surface area contributed by atoms with Crippen molar-refractivity contribution >= 4 is 16.9 Å². The maximum atomic E-state index is 12.8. The zero-order chi connectivity index (χ0) is 20.5. The van der Waals surface area contributed by atoms with E-state index in [1.807, 2.05) is 30.3 Å². The molecule has 0 N–H and O–H groups in total. The summed E-state index contributed by atoms with van der Waals surface area (Å²) in [6.07, 6.45) is 1.42. The van der Waals surface area contributed by atoms with E-state index in [9.17, 15) is 9.59 Å². The summed E-state index contributed by atoms with van der Waals surface area (Å²) in [6, 6.07) is 18.9. The number of benzene rings is 3. The van der Waals surface area contributed by atoms with Crippen molar-refractivity contribution < 1.29 is 23.4 Å². The Morgan fingerprint density at radius 1 is 0.867 bits per heavy atom. The summed E-state index contributed by atoms with van der Waals surface area (Å²) in [4.78, 5) is 25.4. The molecule has 2 heterocycles. The van der Waals surface area contributed by atoms with Crippen LogP contribution in [0.3, 0.4) is 0 Å². The number of rotatable bonds is 3. The van der Waals surface area contributed by atoms with Gasteiger partial charge < -0.3 is 18.6 Å². The van der Waals surface area contributed by atoms with Crippen LogP contribution in [-0.2, 0) is 0 Å². The molecular weight excluding hydrogens is 384 g/mol. The third-order valence-electron chi connectivity index (χ3n) is 4.82. The molecule has 0 fully saturated rings. The summed E-state index contributed by atoms with van der Waals surface area (Å²) in [7, 11) is 0. The number of fused-ring (bicyclic) bond motifs is 2. The summed E-state index contributed by atoms with van der Waals surface area (Å²) in [5.74, 6) is 0.834. The predicted molar refractivity (Wildman–Crippen MR) is 110 cm³/mol. The van der Waals surface area contributed by atoms with E-state index in [2.05, 4.69) is 0 Å². The average Bonchev–Trinajstić information content (AvgIpc) is 2.79. The van der Waals surface area contributed by atoms with Crippen molar-refractivity contribution in [2.45, 2.75) is 0 Å². The first-order valence-corrected chi connectivity index (χ1v) is 9.42. The lowest BCUT2D eigenvalue weighted by Gasteiger charge is -2.18. The second-order valence-corrected chi connectivity index (χ2v) is 6.75. The molecule has 1 aliphatic heterocycles. The van der Waals surface area contributed by atoms with Gasteiger partial charge in [-0.1, -0.05) is 30.3 Å². The molecule has 0 saturated heterocycles. The summed E-state index contributed by atoms with van der Waals surface area (Å²) in [5, 5.41) is 0.412. The van der Waals surface area contributed by atoms with Crippen molar-refractivity contribution in [2.75, 3.05) is 13.2 Å². The van der Waals surface area contributed by atoms with Gasteiger partial charge >= 0.3 is 5.97 Å². The minimum atomic E-state index is -0.547. The van der Waals surface area contributed by atoms with Gasteiger partial charge in [0.2, 0.25) is 0 Å². The lowest BCUT2D eigenvalue weighted by Crippen LogP contribution is -2.16. The third kappa shape index (κ3) is 3.28. The van der Waals surface area contributed by atoms with Gasteiger partial charge in [-0.25, -0.2) is 4.79 Å². The van der Waals surface area contributed by atoms with E-state index < -0.39 is 5.97 Å². The van der Waals surface area contributed by atoms with Crippen LogP contribution in [0.2, 0.25) is 0 Å². The molecular formula is C24H16O6. The minimum Gasteiger partial charge on any atom is -0.486 e. The molecule has 6 nitrogen and oxygen atoms in total. The molecule has 0 saturated carbocycles. The lowest BCUT2D eigenvalue weighted by atomic mass is 10.1. The molecule has 0 amide bonds. The molecule has 6 heteroatoms. The Labute approximate surface area is 171 Å². The molecule has 5 rings (SSSR count). The van der Waals surface area contributed by atoms with Crippen molar-refractivity contribution in [3.05, 3.63) is 88.8 Å². The quantitative estimate of drug-likeness (QED) is 0.374. The second kappa shape index (κ2) is 7.40. The Kier molecular flexibility index (Phi) is 4.44. The normalized spacial score (nSPS) is 12.5. The fourth-order valence-corrected chi connectivity index (χ4v) is 3.33. The van der Waals surface area contributed by atoms with E-state index in [-0.39, 0.29) is 11.2 Å². The Morgan fingerprint density at radius 3 is 2.50 bits per heavy atom. The van der Waals surface area contributed by atoms with Gasteiger partial charge in [0.25, 0.3) is 0 Å². The van der Waals surface area contributed by atoms with Gasteiger partial charge in [0, 0.05) is 6.07 Å². The Morgan fingerprint density at radius 2 is 1.67 bits per heavy atom. The number of esters is 1. The van der Waals surface area contributed by atoms with Crippen LogP contribution in [0.15, 0.2) is 82.2 Å². The Balaban J connectivity index is 1.43. The van der Waals surface area contributed by atoms with Crippen LogP contribution >= 0.6 is 0 Å². The summed E-state index contributed by atoms with van der Waals surface area (Å²) in [5.41, 5.74) is 1.78. The Bertz CT molecular complexity index is 1310. The highest BCUT2D eigenvalue weighted by Gasteiger charge is 2.17. The summed E-state index contributed by atoms with van der Waals surface area (Å²) >= 11 is 0. The zero-order valence-corrected chi connectivity index (χ0v) is 15.8. The van der Waals surface area contributed by atoms with Crippen LogP contribution in [0.1, 0.15) is 10.4 Å². The Hall–Kier alpha value is -4.06. The monoisotopic (exact) mass is 400 g/mol. The van der Waals surface area contributed by atoms with Gasteiger partial charge in [0.15, 0.2) is 16.9 Å². The predicted octanol–water partition coefficient (Wildman–Crippen LogP) is 4.45. The van der Waals surface area contributed by atoms with Gasteiger partial charge in [-0.3, -0.25) is 4.79 Å². The molecule has 0 aliphatic carbocycles. The maximum absolute atomic E-state index is 12.8. The molecule has 1 aliphatic rings. The SMILES string of the molecule is O=C(Oc1ccc2c(=O)c(-c3ccccc3)coc2c1)c1ccc2c(c1)OCCO2. The molecule has 4 aromatic rings. The first kappa shape index (κ1) is 18.0. The van der Waals surface area contributed by atoms with Crippen molar-refractivity contribution in [2.24, 2.45) is 0 Å². The average molecular weight is 400 g/mol. The number of ether oxygens (including phenoxy) is 3. The van der Waals surface area contributed by atoms with E-state index in [0.29, 0.717) is 46.8 Å². The number of hydrogen-bond acceptors (Lipinski definition) is 6. The zero-order valence-electron chi connectivity index (χ0n) is 15.8. The molecule has 148 valence electrons. The van der Waals surface area contributed by atoms with Crippen molar-refractivity contribution in [1.29, 1.82) is 0 Å². The summed E-state index contributed by atoms with van der Waals surface area (Å²) < 4.78 is 22.1. The van der Waals surface area contributed by atoms with Crippen LogP contribution in [0, 0.1) is 0 Å². The first-order valence-electron chi connectivity index (χ1n) is 9.42. The van der Waals surface area contributed by atoms with Crippen LogP contribution in [-0.4, -0.2) is 19.2 Å². The smallest absolute Gasteiger partial charge is 0.343 e. The van der Waals surface area contributed by atoms with Crippen LogP contribution in [0.4, 0.5) is 0 Å². The highest BCUT2D eigenvalue weighted by atomic mass is 16.6. The second-order valence-electron chi connectivity index (χ2n) is 6.75. The van der Waals surface area contributed by atoms with Crippen molar-refractivity contribution in [3.63, 3.8) is 0 Å². The molecule has 0 bridgehead atoms. The van der Waals surface area contributed by atoms with Gasteiger partial charge in [0.05, 0.1) is 16.5 Å². The van der Waals surface area contributed by atoms with Gasteiger partial charge in [-0.05, 0) is 35.9 Å². The van der Waals surface area contributed by atoms with E-state index >= 15 is 0 Å². The van der Waals surface area contributed by atoms with Gasteiger partial charge in [-0.2, -0.15) is 0 Å². The van der Waals surface area contributed by atoms with Crippen molar-refractivity contribution in [3.8, 4) is 28.4 Å². The largest absolute Gasteiger partial charge is 0.486 e. The first-order chi connectivity index (χ1) is 14.7. The van der Waals surface area contributed by atoms with Crippen LogP contribution in [0.5, 0.6) is 17.2 Å². The minimum absolute atomic E-state index is 0.146. The maximum Gasteiger partial charge on any atom is 0.343 e. The lowest BCUT2D eigenvalue weighted by molar-refractivity contribution is 0.0733. The molecule has 3 aromatic carbocycles. The molecule has 0 unspecified atom stereocenters. The fourth-order valence-electron chi connectivity index (χ4n) is 3.33. The number of hydrogen-bond donors (Lipinski definition) is 0. The fraction of sp³-hybridized carbons (Fsp3) is 0.0833. The third-order valence-corrected chi connectivity index (χ3v) is 4.82.